The van der Waals surface area contributed by atoms with Crippen molar-refractivity contribution in [2.24, 2.45) is 0 Å². The van der Waals surface area contributed by atoms with Crippen molar-refractivity contribution >= 4 is 28.3 Å². The van der Waals surface area contributed by atoms with Crippen LogP contribution in [0.25, 0.3) is 11.5 Å². The summed E-state index contributed by atoms with van der Waals surface area (Å²) in [4.78, 5) is 6.19. The van der Waals surface area contributed by atoms with Crippen molar-refractivity contribution in [1.82, 2.24) is 10.1 Å². The first-order chi connectivity index (χ1) is 7.16. The maximum Gasteiger partial charge on any atom is 0.258 e. The van der Waals surface area contributed by atoms with E-state index in [9.17, 15) is 0 Å². The minimum atomic E-state index is 0.560. The van der Waals surface area contributed by atoms with Crippen molar-refractivity contribution < 1.29 is 4.52 Å². The van der Waals surface area contributed by atoms with Gasteiger partial charge in [0, 0.05) is 47.9 Å². The van der Waals surface area contributed by atoms with Crippen molar-refractivity contribution in [2.75, 3.05) is 19.0 Å². The molecule has 1 aromatic carbocycles. The second-order valence-electron chi connectivity index (χ2n) is 3.31. The van der Waals surface area contributed by atoms with Gasteiger partial charge in [-0.15, -0.1) is 0 Å². The highest BCUT2D eigenvalue weighted by Crippen LogP contribution is 2.20. The van der Waals surface area contributed by atoms with Crippen LogP contribution in [0.1, 0.15) is 0 Å². The predicted molar refractivity (Wildman–Crippen MR) is 66.8 cm³/mol. The summed E-state index contributed by atoms with van der Waals surface area (Å²) in [6.45, 7) is 0. The molecule has 0 aliphatic carbocycles. The number of anilines is 1. The average molecular weight is 315 g/mol. The third-order valence-electron chi connectivity index (χ3n) is 2.03. The summed E-state index contributed by atoms with van der Waals surface area (Å²) in [6, 6.07) is 7.98. The topological polar surface area (TPSA) is 42.2 Å². The molecule has 5 heteroatoms. The quantitative estimate of drug-likeness (QED) is 0.798. The van der Waals surface area contributed by atoms with E-state index >= 15 is 0 Å². The van der Waals surface area contributed by atoms with Gasteiger partial charge < -0.3 is 9.42 Å². The lowest BCUT2D eigenvalue weighted by Gasteiger charge is -2.11. The van der Waals surface area contributed by atoms with E-state index in [0.717, 1.165) is 11.3 Å². The second-order valence-corrected chi connectivity index (χ2v) is 4.27. The van der Waals surface area contributed by atoms with Crippen molar-refractivity contribution in [3.05, 3.63) is 28.1 Å². The maximum atomic E-state index is 5.07. The van der Waals surface area contributed by atoms with E-state index in [1.807, 2.05) is 65.9 Å². The van der Waals surface area contributed by atoms with Gasteiger partial charge in [-0.2, -0.15) is 4.98 Å². The minimum absolute atomic E-state index is 0.560. The average Bonchev–Trinajstić information content (AvgIpc) is 2.65. The summed E-state index contributed by atoms with van der Waals surface area (Å²) in [5, 5.41) is 3.74. The lowest BCUT2D eigenvalue weighted by atomic mass is 10.2. The fourth-order valence-corrected chi connectivity index (χ4v) is 1.54. The van der Waals surface area contributed by atoms with Crippen molar-refractivity contribution in [3.8, 4) is 11.5 Å². The largest absolute Gasteiger partial charge is 0.378 e. The van der Waals surface area contributed by atoms with Gasteiger partial charge in [0.25, 0.3) is 5.89 Å². The van der Waals surface area contributed by atoms with Crippen LogP contribution in [0.15, 0.2) is 28.8 Å². The zero-order chi connectivity index (χ0) is 10.8. The van der Waals surface area contributed by atoms with E-state index in [-0.39, 0.29) is 0 Å². The molecule has 1 heterocycles. The zero-order valence-electron chi connectivity index (χ0n) is 8.44. The normalized spacial score (nSPS) is 10.3. The van der Waals surface area contributed by atoms with Crippen LogP contribution in [0.5, 0.6) is 0 Å². The van der Waals surface area contributed by atoms with Crippen molar-refractivity contribution in [2.45, 2.75) is 0 Å². The van der Waals surface area contributed by atoms with Gasteiger partial charge in [-0.25, -0.2) is 0 Å². The molecule has 1 aromatic heterocycles. The molecule has 78 valence electrons. The van der Waals surface area contributed by atoms with E-state index in [4.69, 9.17) is 4.52 Å². The monoisotopic (exact) mass is 315 g/mol. The molecule has 0 unspecified atom stereocenters. The molecule has 0 spiro atoms. The Morgan fingerprint density at radius 2 is 1.87 bits per heavy atom. The van der Waals surface area contributed by atoms with Crippen LogP contribution < -0.4 is 4.90 Å². The Hall–Kier alpha value is -1.11. The maximum absolute atomic E-state index is 5.07. The summed E-state index contributed by atoms with van der Waals surface area (Å²) in [7, 11) is 4.01. The van der Waals surface area contributed by atoms with Crippen LogP contribution in [0.3, 0.4) is 0 Å². The fourth-order valence-electron chi connectivity index (χ4n) is 1.22. The van der Waals surface area contributed by atoms with Gasteiger partial charge in [-0.1, -0.05) is 5.16 Å². The Balaban J connectivity index is 2.31. The van der Waals surface area contributed by atoms with Gasteiger partial charge in [-0.05, 0) is 24.3 Å². The SMILES string of the molecule is CN(C)c1ccc(-c2nc(I)no2)cc1. The Morgan fingerprint density at radius 1 is 1.20 bits per heavy atom. The summed E-state index contributed by atoms with van der Waals surface area (Å²) in [6.07, 6.45) is 0. The van der Waals surface area contributed by atoms with Gasteiger partial charge in [0.1, 0.15) is 0 Å². The first-order valence-corrected chi connectivity index (χ1v) is 5.51. The van der Waals surface area contributed by atoms with E-state index in [1.165, 1.54) is 0 Å². The second kappa shape index (κ2) is 4.18. The first-order valence-electron chi connectivity index (χ1n) is 4.44. The third kappa shape index (κ3) is 2.28. The molecule has 0 fully saturated rings. The molecule has 0 saturated heterocycles. The molecule has 0 N–H and O–H groups in total. The number of hydrogen-bond donors (Lipinski definition) is 0. The van der Waals surface area contributed by atoms with E-state index < -0.39 is 0 Å². The Labute approximate surface area is 101 Å². The number of aromatic nitrogens is 2. The van der Waals surface area contributed by atoms with E-state index in [1.54, 1.807) is 0 Å². The number of rotatable bonds is 2. The smallest absolute Gasteiger partial charge is 0.258 e. The summed E-state index contributed by atoms with van der Waals surface area (Å²) in [5.74, 6) is 0.560. The zero-order valence-corrected chi connectivity index (χ0v) is 10.6. The van der Waals surface area contributed by atoms with Gasteiger partial charge in [0.05, 0.1) is 0 Å². The van der Waals surface area contributed by atoms with Gasteiger partial charge in [-0.3, -0.25) is 0 Å². The van der Waals surface area contributed by atoms with Crippen molar-refractivity contribution in [1.29, 1.82) is 0 Å². The Morgan fingerprint density at radius 3 is 2.33 bits per heavy atom. The number of nitrogens with zero attached hydrogens (tertiary/aromatic N) is 3. The molecule has 2 aromatic rings. The summed E-state index contributed by atoms with van der Waals surface area (Å²) < 4.78 is 5.69. The predicted octanol–water partition coefficient (Wildman–Crippen LogP) is 2.41. The van der Waals surface area contributed by atoms with Crippen LogP contribution in [0, 0.1) is 3.83 Å². The molecular weight excluding hydrogens is 305 g/mol. The molecule has 0 radical (unpaired) electrons. The minimum Gasteiger partial charge on any atom is -0.378 e. The molecule has 0 aliphatic rings. The van der Waals surface area contributed by atoms with E-state index in [2.05, 4.69) is 10.1 Å². The van der Waals surface area contributed by atoms with Crippen LogP contribution in [-0.4, -0.2) is 24.2 Å². The number of hydrogen-bond acceptors (Lipinski definition) is 4. The number of benzene rings is 1. The molecule has 0 bridgehead atoms. The highest BCUT2D eigenvalue weighted by molar-refractivity contribution is 14.1. The van der Waals surface area contributed by atoms with Crippen LogP contribution in [-0.2, 0) is 0 Å². The van der Waals surface area contributed by atoms with Crippen LogP contribution in [0.4, 0.5) is 5.69 Å². The van der Waals surface area contributed by atoms with Gasteiger partial charge in [0.2, 0.25) is 3.83 Å². The fraction of sp³-hybridized carbons (Fsp3) is 0.200. The molecule has 15 heavy (non-hydrogen) atoms. The Bertz CT molecular complexity index is 450. The van der Waals surface area contributed by atoms with Crippen molar-refractivity contribution in [3.63, 3.8) is 0 Å². The molecule has 0 aliphatic heterocycles. The summed E-state index contributed by atoms with van der Waals surface area (Å²) >= 11 is 2.02. The molecule has 4 nitrogen and oxygen atoms in total. The molecule has 0 amide bonds. The van der Waals surface area contributed by atoms with Gasteiger partial charge >= 0.3 is 0 Å². The first kappa shape index (κ1) is 10.4. The highest BCUT2D eigenvalue weighted by Gasteiger charge is 2.06. The van der Waals surface area contributed by atoms with E-state index in [0.29, 0.717) is 9.72 Å². The van der Waals surface area contributed by atoms with Gasteiger partial charge in [0.15, 0.2) is 0 Å². The Kier molecular flexibility index (Phi) is 2.90. The highest BCUT2D eigenvalue weighted by atomic mass is 127. The lowest BCUT2D eigenvalue weighted by molar-refractivity contribution is 0.426. The standard InChI is InChI=1S/C10H10IN3O/c1-14(2)8-5-3-7(4-6-8)9-12-10(11)13-15-9/h3-6H,1-2H3. The summed E-state index contributed by atoms with van der Waals surface area (Å²) in [5.41, 5.74) is 2.09. The molecular formula is C10H10IN3O. The van der Waals surface area contributed by atoms with Crippen LogP contribution in [0.2, 0.25) is 0 Å². The number of halogens is 1. The van der Waals surface area contributed by atoms with Crippen LogP contribution >= 0.6 is 22.6 Å². The lowest BCUT2D eigenvalue weighted by Crippen LogP contribution is -2.07. The molecule has 0 saturated carbocycles. The molecule has 0 atom stereocenters. The third-order valence-corrected chi connectivity index (χ3v) is 2.47. The molecule has 2 rings (SSSR count).